The lowest BCUT2D eigenvalue weighted by atomic mass is 10.2. The van der Waals surface area contributed by atoms with Crippen LogP contribution in [0, 0.1) is 11.3 Å². The highest BCUT2D eigenvalue weighted by Crippen LogP contribution is 2.25. The molecule has 0 aromatic carbocycles. The molecule has 1 fully saturated rings. The van der Waals surface area contributed by atoms with Gasteiger partial charge >= 0.3 is 5.97 Å². The van der Waals surface area contributed by atoms with Gasteiger partial charge in [-0.3, -0.25) is 0 Å². The van der Waals surface area contributed by atoms with Crippen molar-refractivity contribution in [1.82, 2.24) is 4.98 Å². The number of carbonyl (C=O) groups excluding carboxylic acids is 1. The summed E-state index contributed by atoms with van der Waals surface area (Å²) >= 11 is 0. The van der Waals surface area contributed by atoms with E-state index in [2.05, 4.69) is 4.98 Å². The fourth-order valence-corrected chi connectivity index (χ4v) is 2.18. The average molecular weight is 245 g/mol. The quantitative estimate of drug-likeness (QED) is 0.755. The van der Waals surface area contributed by atoms with Gasteiger partial charge in [0.05, 0.1) is 18.5 Å². The maximum absolute atomic E-state index is 11.8. The SMILES string of the molecule is CCOC(=O)C1CCCN1c1ccc(C#N)nc1. The number of rotatable bonds is 3. The maximum atomic E-state index is 11.8. The second-order valence-corrected chi connectivity index (χ2v) is 4.12. The summed E-state index contributed by atoms with van der Waals surface area (Å²) < 4.78 is 5.07. The van der Waals surface area contributed by atoms with Crippen LogP contribution < -0.4 is 4.90 Å². The molecule has 0 bridgehead atoms. The van der Waals surface area contributed by atoms with E-state index in [0.717, 1.165) is 25.1 Å². The number of aromatic nitrogens is 1. The molecule has 1 atom stereocenters. The molecule has 1 aromatic heterocycles. The van der Waals surface area contributed by atoms with Gasteiger partial charge in [-0.2, -0.15) is 5.26 Å². The monoisotopic (exact) mass is 245 g/mol. The number of nitriles is 1. The van der Waals surface area contributed by atoms with Gasteiger partial charge in [0, 0.05) is 6.54 Å². The van der Waals surface area contributed by atoms with Crippen molar-refractivity contribution in [2.75, 3.05) is 18.1 Å². The van der Waals surface area contributed by atoms with Crippen LogP contribution >= 0.6 is 0 Å². The third-order valence-electron chi connectivity index (χ3n) is 3.01. The van der Waals surface area contributed by atoms with Crippen molar-refractivity contribution in [2.24, 2.45) is 0 Å². The van der Waals surface area contributed by atoms with E-state index >= 15 is 0 Å². The van der Waals surface area contributed by atoms with Crippen LogP contribution in [0.3, 0.4) is 0 Å². The Hall–Kier alpha value is -2.09. The van der Waals surface area contributed by atoms with E-state index in [1.54, 1.807) is 19.2 Å². The third-order valence-corrected chi connectivity index (χ3v) is 3.01. The molecule has 2 heterocycles. The van der Waals surface area contributed by atoms with Crippen molar-refractivity contribution in [3.05, 3.63) is 24.0 Å². The fraction of sp³-hybridized carbons (Fsp3) is 0.462. The number of ether oxygens (including phenoxy) is 1. The second-order valence-electron chi connectivity index (χ2n) is 4.12. The number of hydrogen-bond donors (Lipinski definition) is 0. The van der Waals surface area contributed by atoms with Crippen LogP contribution in [0.2, 0.25) is 0 Å². The predicted molar refractivity (Wildman–Crippen MR) is 66.0 cm³/mol. The van der Waals surface area contributed by atoms with Crippen LogP contribution in [0.1, 0.15) is 25.5 Å². The summed E-state index contributed by atoms with van der Waals surface area (Å²) in [6, 6.07) is 5.24. The van der Waals surface area contributed by atoms with Gasteiger partial charge < -0.3 is 9.64 Å². The molecule has 0 spiro atoms. The summed E-state index contributed by atoms with van der Waals surface area (Å²) in [7, 11) is 0. The molecule has 18 heavy (non-hydrogen) atoms. The number of nitrogens with zero attached hydrogens (tertiary/aromatic N) is 3. The number of pyridine rings is 1. The summed E-state index contributed by atoms with van der Waals surface area (Å²) in [6.07, 6.45) is 3.40. The van der Waals surface area contributed by atoms with E-state index in [4.69, 9.17) is 10.00 Å². The van der Waals surface area contributed by atoms with Gasteiger partial charge in [0.25, 0.3) is 0 Å². The number of hydrogen-bond acceptors (Lipinski definition) is 5. The van der Waals surface area contributed by atoms with Gasteiger partial charge in [-0.15, -0.1) is 0 Å². The molecule has 5 heteroatoms. The van der Waals surface area contributed by atoms with Gasteiger partial charge in [-0.05, 0) is 31.9 Å². The van der Waals surface area contributed by atoms with Crippen LogP contribution in [0.5, 0.6) is 0 Å². The van der Waals surface area contributed by atoms with Crippen molar-refractivity contribution in [3.8, 4) is 6.07 Å². The van der Waals surface area contributed by atoms with E-state index in [-0.39, 0.29) is 12.0 Å². The Balaban J connectivity index is 2.15. The van der Waals surface area contributed by atoms with E-state index < -0.39 is 0 Å². The van der Waals surface area contributed by atoms with Gasteiger partial charge in [0.15, 0.2) is 0 Å². The van der Waals surface area contributed by atoms with E-state index in [1.165, 1.54) is 0 Å². The molecule has 2 rings (SSSR count). The fourth-order valence-electron chi connectivity index (χ4n) is 2.18. The highest BCUT2D eigenvalue weighted by molar-refractivity contribution is 5.80. The van der Waals surface area contributed by atoms with Crippen LogP contribution in [0.25, 0.3) is 0 Å². The molecule has 0 radical (unpaired) electrons. The Morgan fingerprint density at radius 1 is 1.67 bits per heavy atom. The molecule has 0 aliphatic carbocycles. The Bertz CT molecular complexity index is 464. The van der Waals surface area contributed by atoms with Crippen molar-refractivity contribution in [2.45, 2.75) is 25.8 Å². The first-order valence-electron chi connectivity index (χ1n) is 6.05. The third kappa shape index (κ3) is 2.43. The van der Waals surface area contributed by atoms with E-state index in [9.17, 15) is 4.79 Å². The highest BCUT2D eigenvalue weighted by Gasteiger charge is 2.32. The average Bonchev–Trinajstić information content (AvgIpc) is 2.88. The number of anilines is 1. The first-order valence-corrected chi connectivity index (χ1v) is 6.05. The first kappa shape index (κ1) is 12.4. The lowest BCUT2D eigenvalue weighted by molar-refractivity contribution is -0.144. The minimum Gasteiger partial charge on any atom is -0.464 e. The maximum Gasteiger partial charge on any atom is 0.328 e. The lowest BCUT2D eigenvalue weighted by Gasteiger charge is -2.24. The zero-order valence-electron chi connectivity index (χ0n) is 10.3. The molecule has 0 amide bonds. The number of esters is 1. The molecule has 0 N–H and O–H groups in total. The predicted octanol–water partition coefficient (Wildman–Crippen LogP) is 1.49. The molecular formula is C13H15N3O2. The lowest BCUT2D eigenvalue weighted by Crippen LogP contribution is -2.37. The van der Waals surface area contributed by atoms with Crippen molar-refractivity contribution in [1.29, 1.82) is 5.26 Å². The molecule has 1 unspecified atom stereocenters. The van der Waals surface area contributed by atoms with E-state index in [0.29, 0.717) is 12.3 Å². The van der Waals surface area contributed by atoms with Gasteiger partial charge in [0.2, 0.25) is 0 Å². The van der Waals surface area contributed by atoms with Crippen LogP contribution in [-0.4, -0.2) is 30.1 Å². The Morgan fingerprint density at radius 3 is 3.11 bits per heavy atom. The molecule has 1 aliphatic rings. The molecule has 0 saturated carbocycles. The van der Waals surface area contributed by atoms with Crippen molar-refractivity contribution in [3.63, 3.8) is 0 Å². The standard InChI is InChI=1S/C13H15N3O2/c1-2-18-13(17)12-4-3-7-16(12)11-6-5-10(8-14)15-9-11/h5-6,9,12H,2-4,7H2,1H3. The zero-order valence-corrected chi connectivity index (χ0v) is 10.3. The Labute approximate surface area is 106 Å². The largest absolute Gasteiger partial charge is 0.464 e. The normalized spacial score (nSPS) is 18.4. The molecule has 1 aliphatic heterocycles. The summed E-state index contributed by atoms with van der Waals surface area (Å²) in [5.74, 6) is -0.181. The van der Waals surface area contributed by atoms with Crippen molar-refractivity contribution < 1.29 is 9.53 Å². The second kappa shape index (κ2) is 5.50. The molecular weight excluding hydrogens is 230 g/mol. The molecule has 1 aromatic rings. The summed E-state index contributed by atoms with van der Waals surface area (Å²) in [4.78, 5) is 17.8. The van der Waals surface area contributed by atoms with Crippen molar-refractivity contribution >= 4 is 11.7 Å². The smallest absolute Gasteiger partial charge is 0.328 e. The summed E-state index contributed by atoms with van der Waals surface area (Å²) in [5, 5.41) is 8.70. The number of carbonyl (C=O) groups is 1. The van der Waals surface area contributed by atoms with E-state index in [1.807, 2.05) is 17.0 Å². The minimum atomic E-state index is -0.223. The van der Waals surface area contributed by atoms with Gasteiger partial charge in [0.1, 0.15) is 17.8 Å². The van der Waals surface area contributed by atoms with Crippen LogP contribution in [-0.2, 0) is 9.53 Å². The molecule has 5 nitrogen and oxygen atoms in total. The first-order chi connectivity index (χ1) is 8.76. The van der Waals surface area contributed by atoms with Gasteiger partial charge in [-0.25, -0.2) is 9.78 Å². The van der Waals surface area contributed by atoms with Gasteiger partial charge in [-0.1, -0.05) is 0 Å². The molecule has 94 valence electrons. The minimum absolute atomic E-state index is 0.181. The van der Waals surface area contributed by atoms with Crippen LogP contribution in [0.15, 0.2) is 18.3 Å². The van der Waals surface area contributed by atoms with Crippen LogP contribution in [0.4, 0.5) is 5.69 Å². The molecule has 1 saturated heterocycles. The Morgan fingerprint density at radius 2 is 2.50 bits per heavy atom. The summed E-state index contributed by atoms with van der Waals surface area (Å²) in [5.41, 5.74) is 1.25. The topological polar surface area (TPSA) is 66.2 Å². The summed E-state index contributed by atoms with van der Waals surface area (Å²) in [6.45, 7) is 3.02. The zero-order chi connectivity index (χ0) is 13.0. The highest BCUT2D eigenvalue weighted by atomic mass is 16.5. The Kier molecular flexibility index (Phi) is 3.78.